The lowest BCUT2D eigenvalue weighted by Crippen LogP contribution is -2.21. The minimum absolute atomic E-state index is 0.498. The second-order valence-corrected chi connectivity index (χ2v) is 4.18. The summed E-state index contributed by atoms with van der Waals surface area (Å²) in [6.07, 6.45) is 3.54. The predicted molar refractivity (Wildman–Crippen MR) is 71.8 cm³/mol. The Labute approximate surface area is 112 Å². The summed E-state index contributed by atoms with van der Waals surface area (Å²) in [5, 5.41) is 10.7. The van der Waals surface area contributed by atoms with Gasteiger partial charge in [0.2, 0.25) is 0 Å². The third kappa shape index (κ3) is 7.08. The van der Waals surface area contributed by atoms with Crippen molar-refractivity contribution in [1.82, 2.24) is 5.32 Å². The van der Waals surface area contributed by atoms with Gasteiger partial charge in [0.1, 0.15) is 12.0 Å². The lowest BCUT2D eigenvalue weighted by atomic mass is 10.2. The summed E-state index contributed by atoms with van der Waals surface area (Å²) in [7, 11) is 0. The molecule has 0 aliphatic carbocycles. The number of rotatable bonds is 9. The van der Waals surface area contributed by atoms with Crippen LogP contribution in [-0.4, -0.2) is 30.6 Å². The van der Waals surface area contributed by atoms with Gasteiger partial charge in [0.15, 0.2) is 0 Å². The Morgan fingerprint density at radius 1 is 1.26 bits per heavy atom. The molecule has 0 bridgehead atoms. The van der Waals surface area contributed by atoms with Gasteiger partial charge in [-0.05, 0) is 25.0 Å². The topological polar surface area (TPSA) is 75.6 Å². The molecule has 0 saturated carbocycles. The van der Waals surface area contributed by atoms with E-state index in [4.69, 9.17) is 9.84 Å². The SMILES string of the molecule is O=Cc1cccc(OCCCCCCNC(=O)O)c1. The van der Waals surface area contributed by atoms with E-state index in [1.165, 1.54) is 0 Å². The van der Waals surface area contributed by atoms with Gasteiger partial charge in [-0.1, -0.05) is 25.0 Å². The zero-order valence-corrected chi connectivity index (χ0v) is 10.8. The Kier molecular flexibility index (Phi) is 7.09. The molecule has 0 atom stereocenters. The molecule has 1 amide bonds. The lowest BCUT2D eigenvalue weighted by molar-refractivity contribution is 0.112. The minimum Gasteiger partial charge on any atom is -0.494 e. The molecule has 0 aliphatic rings. The quantitative estimate of drug-likeness (QED) is 0.531. The molecule has 0 heterocycles. The monoisotopic (exact) mass is 265 g/mol. The highest BCUT2D eigenvalue weighted by molar-refractivity contribution is 5.75. The number of aldehydes is 1. The number of benzene rings is 1. The first-order chi connectivity index (χ1) is 9.22. The van der Waals surface area contributed by atoms with Crippen LogP contribution in [0.2, 0.25) is 0 Å². The third-order valence-corrected chi connectivity index (χ3v) is 2.61. The zero-order valence-electron chi connectivity index (χ0n) is 10.8. The van der Waals surface area contributed by atoms with E-state index < -0.39 is 6.09 Å². The number of carboxylic acid groups (broad SMARTS) is 1. The fraction of sp³-hybridized carbons (Fsp3) is 0.429. The largest absolute Gasteiger partial charge is 0.494 e. The number of ether oxygens (including phenoxy) is 1. The molecular weight excluding hydrogens is 246 g/mol. The van der Waals surface area contributed by atoms with Gasteiger partial charge in [-0.15, -0.1) is 0 Å². The molecule has 0 spiro atoms. The maximum Gasteiger partial charge on any atom is 0.404 e. The first-order valence-corrected chi connectivity index (χ1v) is 6.37. The average Bonchev–Trinajstić information content (AvgIpc) is 2.41. The zero-order chi connectivity index (χ0) is 13.9. The summed E-state index contributed by atoms with van der Waals surface area (Å²) in [6, 6.07) is 7.06. The second-order valence-electron chi connectivity index (χ2n) is 4.18. The smallest absolute Gasteiger partial charge is 0.404 e. The van der Waals surface area contributed by atoms with Crippen molar-refractivity contribution in [1.29, 1.82) is 0 Å². The third-order valence-electron chi connectivity index (χ3n) is 2.61. The summed E-state index contributed by atoms with van der Waals surface area (Å²) in [5.74, 6) is 0.706. The van der Waals surface area contributed by atoms with Crippen LogP contribution in [0.5, 0.6) is 5.75 Å². The summed E-state index contributed by atoms with van der Waals surface area (Å²) in [6.45, 7) is 1.10. The van der Waals surface area contributed by atoms with Crippen LogP contribution in [0.15, 0.2) is 24.3 Å². The summed E-state index contributed by atoms with van der Waals surface area (Å²) < 4.78 is 5.52. The molecule has 0 unspecified atom stereocenters. The van der Waals surface area contributed by atoms with E-state index in [1.807, 2.05) is 6.07 Å². The van der Waals surface area contributed by atoms with E-state index >= 15 is 0 Å². The number of hydrogen-bond donors (Lipinski definition) is 2. The predicted octanol–water partition coefficient (Wildman–Crippen LogP) is 2.71. The highest BCUT2D eigenvalue weighted by Gasteiger charge is 1.97. The number of unbranched alkanes of at least 4 members (excludes halogenated alkanes) is 3. The Balaban J connectivity index is 2.04. The van der Waals surface area contributed by atoms with Crippen molar-refractivity contribution in [3.05, 3.63) is 29.8 Å². The molecule has 1 rings (SSSR count). The summed E-state index contributed by atoms with van der Waals surface area (Å²) >= 11 is 0. The van der Waals surface area contributed by atoms with E-state index in [9.17, 15) is 9.59 Å². The second kappa shape index (κ2) is 8.97. The molecule has 104 valence electrons. The van der Waals surface area contributed by atoms with Crippen molar-refractivity contribution in [2.24, 2.45) is 0 Å². The number of amides is 1. The molecule has 0 fully saturated rings. The normalized spacial score (nSPS) is 9.89. The molecule has 1 aromatic carbocycles. The van der Waals surface area contributed by atoms with E-state index in [0.29, 0.717) is 24.5 Å². The molecule has 1 aromatic rings. The summed E-state index contributed by atoms with van der Waals surface area (Å²) in [5.41, 5.74) is 0.609. The fourth-order valence-corrected chi connectivity index (χ4v) is 1.64. The van der Waals surface area contributed by atoms with E-state index in [1.54, 1.807) is 18.2 Å². The summed E-state index contributed by atoms with van der Waals surface area (Å²) in [4.78, 5) is 20.8. The van der Waals surface area contributed by atoms with Crippen molar-refractivity contribution in [3.8, 4) is 5.75 Å². The highest BCUT2D eigenvalue weighted by Crippen LogP contribution is 2.12. The Bertz CT molecular complexity index is 406. The molecule has 0 saturated heterocycles. The standard InChI is InChI=1S/C14H19NO4/c16-11-12-6-5-7-13(10-12)19-9-4-2-1-3-8-15-14(17)18/h5-7,10-11,15H,1-4,8-9H2,(H,17,18). The first-order valence-electron chi connectivity index (χ1n) is 6.37. The van der Waals surface area contributed by atoms with Crippen LogP contribution < -0.4 is 10.1 Å². The van der Waals surface area contributed by atoms with E-state index in [2.05, 4.69) is 5.32 Å². The number of carbonyl (C=O) groups excluding carboxylic acids is 1. The minimum atomic E-state index is -0.974. The van der Waals surface area contributed by atoms with Crippen molar-refractivity contribution < 1.29 is 19.4 Å². The van der Waals surface area contributed by atoms with Crippen LogP contribution in [0.4, 0.5) is 4.79 Å². The molecule has 0 aliphatic heterocycles. The number of carbonyl (C=O) groups is 2. The van der Waals surface area contributed by atoms with Crippen LogP contribution in [0.1, 0.15) is 36.0 Å². The van der Waals surface area contributed by atoms with Gasteiger partial charge in [-0.3, -0.25) is 4.79 Å². The molecule has 19 heavy (non-hydrogen) atoms. The Morgan fingerprint density at radius 2 is 2.05 bits per heavy atom. The van der Waals surface area contributed by atoms with Crippen molar-refractivity contribution in [2.75, 3.05) is 13.2 Å². The van der Waals surface area contributed by atoms with Crippen LogP contribution >= 0.6 is 0 Å². The first kappa shape index (κ1) is 15.0. The van der Waals surface area contributed by atoms with Gasteiger partial charge in [-0.25, -0.2) is 4.79 Å². The lowest BCUT2D eigenvalue weighted by Gasteiger charge is -2.06. The van der Waals surface area contributed by atoms with Crippen LogP contribution in [-0.2, 0) is 0 Å². The van der Waals surface area contributed by atoms with Crippen molar-refractivity contribution >= 4 is 12.4 Å². The average molecular weight is 265 g/mol. The molecule has 5 heteroatoms. The van der Waals surface area contributed by atoms with Gasteiger partial charge in [0, 0.05) is 12.1 Å². The Morgan fingerprint density at radius 3 is 2.79 bits per heavy atom. The number of hydrogen-bond acceptors (Lipinski definition) is 3. The van der Waals surface area contributed by atoms with E-state index in [-0.39, 0.29) is 0 Å². The maximum absolute atomic E-state index is 10.6. The van der Waals surface area contributed by atoms with E-state index in [0.717, 1.165) is 32.0 Å². The Hall–Kier alpha value is -2.04. The number of nitrogens with one attached hydrogen (secondary N) is 1. The van der Waals surface area contributed by atoms with Gasteiger partial charge in [0.25, 0.3) is 0 Å². The van der Waals surface area contributed by atoms with Crippen LogP contribution in [0, 0.1) is 0 Å². The van der Waals surface area contributed by atoms with Gasteiger partial charge >= 0.3 is 6.09 Å². The maximum atomic E-state index is 10.6. The van der Waals surface area contributed by atoms with Gasteiger partial charge in [-0.2, -0.15) is 0 Å². The van der Waals surface area contributed by atoms with Crippen LogP contribution in [0.3, 0.4) is 0 Å². The van der Waals surface area contributed by atoms with Crippen molar-refractivity contribution in [3.63, 3.8) is 0 Å². The molecule has 5 nitrogen and oxygen atoms in total. The molecule has 0 aromatic heterocycles. The van der Waals surface area contributed by atoms with Gasteiger partial charge in [0.05, 0.1) is 6.61 Å². The molecule has 2 N–H and O–H groups in total. The molecular formula is C14H19NO4. The van der Waals surface area contributed by atoms with Gasteiger partial charge < -0.3 is 15.2 Å². The van der Waals surface area contributed by atoms with Crippen molar-refractivity contribution in [2.45, 2.75) is 25.7 Å². The molecule has 0 radical (unpaired) electrons. The highest BCUT2D eigenvalue weighted by atomic mass is 16.5. The fourth-order valence-electron chi connectivity index (χ4n) is 1.64. The van der Waals surface area contributed by atoms with Crippen LogP contribution in [0.25, 0.3) is 0 Å².